The fourth-order valence-corrected chi connectivity index (χ4v) is 5.10. The van der Waals surface area contributed by atoms with Crippen molar-refractivity contribution in [2.45, 2.75) is 38.8 Å². The van der Waals surface area contributed by atoms with Crippen molar-refractivity contribution in [2.24, 2.45) is 0 Å². The molecule has 1 fully saturated rings. The number of aromatic amines is 1. The predicted octanol–water partition coefficient (Wildman–Crippen LogP) is 3.47. The predicted molar refractivity (Wildman–Crippen MR) is 128 cm³/mol. The quantitative estimate of drug-likeness (QED) is 0.629. The van der Waals surface area contributed by atoms with Crippen molar-refractivity contribution in [1.82, 2.24) is 14.8 Å². The van der Waals surface area contributed by atoms with E-state index in [2.05, 4.69) is 22.4 Å². The summed E-state index contributed by atoms with van der Waals surface area (Å²) < 4.78 is 5.40. The standard InChI is InChI=1S/C26H30N4O3/c1-17-9-10-24(33-2)22(14-17)28-26(32)23-8-5-12-29(23)16-25(31)30-13-11-21-19(15-30)18-6-3-4-7-20(18)27-21/h3-4,6-7,9-10,14,23,27H,5,8,11-13,15-16H2,1-2H3,(H,28,32). The number of nitrogens with zero attached hydrogens (tertiary/aromatic N) is 2. The Balaban J connectivity index is 1.26. The number of carbonyl (C=O) groups excluding carboxylic acids is 2. The summed E-state index contributed by atoms with van der Waals surface area (Å²) in [7, 11) is 1.60. The number of fused-ring (bicyclic) bond motifs is 3. The van der Waals surface area contributed by atoms with Gasteiger partial charge in [0.1, 0.15) is 5.75 Å². The van der Waals surface area contributed by atoms with E-state index in [1.807, 2.05) is 47.1 Å². The molecule has 0 bridgehead atoms. The van der Waals surface area contributed by atoms with E-state index in [-0.39, 0.29) is 24.4 Å². The Kier molecular flexibility index (Phi) is 5.81. The zero-order valence-electron chi connectivity index (χ0n) is 19.2. The molecule has 1 unspecified atom stereocenters. The van der Waals surface area contributed by atoms with Crippen LogP contribution >= 0.6 is 0 Å². The second-order valence-corrected chi connectivity index (χ2v) is 9.01. The molecule has 1 saturated heterocycles. The van der Waals surface area contributed by atoms with Crippen LogP contribution in [-0.2, 0) is 22.6 Å². The van der Waals surface area contributed by atoms with Crippen molar-refractivity contribution in [1.29, 1.82) is 0 Å². The molecule has 2 aromatic carbocycles. The first kappa shape index (κ1) is 21.5. The number of anilines is 1. The number of para-hydroxylation sites is 1. The normalized spacial score (nSPS) is 18.4. The molecule has 172 valence electrons. The van der Waals surface area contributed by atoms with Gasteiger partial charge >= 0.3 is 0 Å². The maximum atomic E-state index is 13.2. The number of methoxy groups -OCH3 is 1. The van der Waals surface area contributed by atoms with E-state index in [4.69, 9.17) is 4.74 Å². The van der Waals surface area contributed by atoms with Gasteiger partial charge in [-0.15, -0.1) is 0 Å². The Morgan fingerprint density at radius 1 is 1.18 bits per heavy atom. The first-order valence-corrected chi connectivity index (χ1v) is 11.6. The number of aryl methyl sites for hydroxylation is 1. The van der Waals surface area contributed by atoms with Crippen LogP contribution in [0.1, 0.15) is 29.7 Å². The van der Waals surface area contributed by atoms with Crippen LogP contribution in [0.2, 0.25) is 0 Å². The fourth-order valence-electron chi connectivity index (χ4n) is 5.10. The number of rotatable bonds is 5. The number of benzene rings is 2. The lowest BCUT2D eigenvalue weighted by atomic mass is 10.0. The molecule has 2 amide bonds. The molecule has 1 aromatic heterocycles. The maximum Gasteiger partial charge on any atom is 0.241 e. The van der Waals surface area contributed by atoms with E-state index in [1.54, 1.807) is 7.11 Å². The second kappa shape index (κ2) is 8.90. The minimum Gasteiger partial charge on any atom is -0.495 e. The van der Waals surface area contributed by atoms with Crippen LogP contribution in [-0.4, -0.2) is 59.4 Å². The van der Waals surface area contributed by atoms with Crippen molar-refractivity contribution in [3.63, 3.8) is 0 Å². The highest BCUT2D eigenvalue weighted by molar-refractivity contribution is 5.96. The Morgan fingerprint density at radius 2 is 2.03 bits per heavy atom. The van der Waals surface area contributed by atoms with Gasteiger partial charge in [-0.3, -0.25) is 14.5 Å². The average molecular weight is 447 g/mol. The second-order valence-electron chi connectivity index (χ2n) is 9.01. The Morgan fingerprint density at radius 3 is 2.88 bits per heavy atom. The van der Waals surface area contributed by atoms with Crippen LogP contribution in [0.4, 0.5) is 5.69 Å². The Labute approximate surface area is 193 Å². The van der Waals surface area contributed by atoms with Gasteiger partial charge in [-0.25, -0.2) is 0 Å². The van der Waals surface area contributed by atoms with Gasteiger partial charge in [0.2, 0.25) is 11.8 Å². The molecule has 0 radical (unpaired) electrons. The first-order valence-electron chi connectivity index (χ1n) is 11.6. The summed E-state index contributed by atoms with van der Waals surface area (Å²) in [5.74, 6) is 0.637. The SMILES string of the molecule is COc1ccc(C)cc1NC(=O)C1CCCN1CC(=O)N1CCc2[nH]c3ccccc3c2C1. The number of aromatic nitrogens is 1. The molecular weight excluding hydrogens is 416 g/mol. The lowest BCUT2D eigenvalue weighted by molar-refractivity contribution is -0.134. The van der Waals surface area contributed by atoms with Gasteiger partial charge in [-0.05, 0) is 50.1 Å². The highest BCUT2D eigenvalue weighted by Gasteiger charge is 2.34. The lowest BCUT2D eigenvalue weighted by Gasteiger charge is -2.30. The van der Waals surface area contributed by atoms with Gasteiger partial charge in [-0.2, -0.15) is 0 Å². The smallest absolute Gasteiger partial charge is 0.241 e. The van der Waals surface area contributed by atoms with Gasteiger partial charge in [0.25, 0.3) is 0 Å². The number of hydrogen-bond donors (Lipinski definition) is 2. The maximum absolute atomic E-state index is 13.2. The van der Waals surface area contributed by atoms with E-state index in [0.717, 1.165) is 36.9 Å². The third-order valence-electron chi connectivity index (χ3n) is 6.85. The molecule has 3 aromatic rings. The molecule has 3 heterocycles. The highest BCUT2D eigenvalue weighted by Crippen LogP contribution is 2.29. The van der Waals surface area contributed by atoms with Gasteiger partial charge in [0, 0.05) is 41.7 Å². The van der Waals surface area contributed by atoms with E-state index in [9.17, 15) is 9.59 Å². The van der Waals surface area contributed by atoms with Gasteiger partial charge in [-0.1, -0.05) is 24.3 Å². The third kappa shape index (κ3) is 4.20. The number of likely N-dealkylation sites (tertiary alicyclic amines) is 1. The van der Waals surface area contributed by atoms with Crippen molar-refractivity contribution in [2.75, 3.05) is 32.1 Å². The van der Waals surface area contributed by atoms with E-state index < -0.39 is 0 Å². The summed E-state index contributed by atoms with van der Waals surface area (Å²) >= 11 is 0. The van der Waals surface area contributed by atoms with E-state index >= 15 is 0 Å². The largest absolute Gasteiger partial charge is 0.495 e. The number of hydrogen-bond acceptors (Lipinski definition) is 4. The van der Waals surface area contributed by atoms with Crippen molar-refractivity contribution in [3.8, 4) is 5.75 Å². The molecule has 2 aliphatic rings. The summed E-state index contributed by atoms with van der Waals surface area (Å²) in [6.07, 6.45) is 2.48. The summed E-state index contributed by atoms with van der Waals surface area (Å²) in [6.45, 7) is 4.31. The minimum absolute atomic E-state index is 0.0817. The molecule has 5 rings (SSSR count). The van der Waals surface area contributed by atoms with Crippen molar-refractivity contribution >= 4 is 28.4 Å². The van der Waals surface area contributed by atoms with Crippen LogP contribution in [0.15, 0.2) is 42.5 Å². The monoisotopic (exact) mass is 446 g/mol. The van der Waals surface area contributed by atoms with Gasteiger partial charge in [0.15, 0.2) is 0 Å². The molecule has 1 atom stereocenters. The summed E-state index contributed by atoms with van der Waals surface area (Å²) in [5.41, 5.74) is 5.28. The van der Waals surface area contributed by atoms with Gasteiger partial charge < -0.3 is 19.9 Å². The number of carbonyl (C=O) groups is 2. The third-order valence-corrected chi connectivity index (χ3v) is 6.85. The van der Waals surface area contributed by atoms with Crippen LogP contribution < -0.4 is 10.1 Å². The van der Waals surface area contributed by atoms with Crippen molar-refractivity contribution < 1.29 is 14.3 Å². The summed E-state index contributed by atoms with van der Waals surface area (Å²) in [6, 6.07) is 13.7. The number of nitrogens with one attached hydrogen (secondary N) is 2. The van der Waals surface area contributed by atoms with E-state index in [0.29, 0.717) is 24.5 Å². The topological polar surface area (TPSA) is 77.7 Å². The van der Waals surface area contributed by atoms with Crippen LogP contribution in [0.25, 0.3) is 10.9 Å². The molecule has 0 spiro atoms. The molecular formula is C26H30N4O3. The van der Waals surface area contributed by atoms with Crippen LogP contribution in [0, 0.1) is 6.92 Å². The summed E-state index contributed by atoms with van der Waals surface area (Å²) in [4.78, 5) is 33.8. The van der Waals surface area contributed by atoms with Crippen molar-refractivity contribution in [3.05, 3.63) is 59.3 Å². The molecule has 0 saturated carbocycles. The molecule has 2 aliphatic heterocycles. The zero-order valence-corrected chi connectivity index (χ0v) is 19.2. The van der Waals surface area contributed by atoms with Crippen LogP contribution in [0.5, 0.6) is 5.75 Å². The molecule has 7 heteroatoms. The fraction of sp³-hybridized carbons (Fsp3) is 0.385. The number of amides is 2. The lowest BCUT2D eigenvalue weighted by Crippen LogP contribution is -2.47. The summed E-state index contributed by atoms with van der Waals surface area (Å²) in [5, 5.41) is 4.21. The Bertz CT molecular complexity index is 1200. The zero-order chi connectivity index (χ0) is 22.9. The number of ether oxygens (including phenoxy) is 1. The molecule has 7 nitrogen and oxygen atoms in total. The van der Waals surface area contributed by atoms with Crippen LogP contribution in [0.3, 0.4) is 0 Å². The van der Waals surface area contributed by atoms with E-state index in [1.165, 1.54) is 16.6 Å². The van der Waals surface area contributed by atoms with Gasteiger partial charge in [0.05, 0.1) is 25.4 Å². The Hall–Kier alpha value is -3.32. The molecule has 33 heavy (non-hydrogen) atoms. The minimum atomic E-state index is -0.312. The highest BCUT2D eigenvalue weighted by atomic mass is 16.5. The number of H-pyrrole nitrogens is 1. The first-order chi connectivity index (χ1) is 16.0. The average Bonchev–Trinajstić information content (AvgIpc) is 3.43. The molecule has 0 aliphatic carbocycles. The molecule has 2 N–H and O–H groups in total.